The van der Waals surface area contributed by atoms with E-state index in [1.165, 1.54) is 12.8 Å². The summed E-state index contributed by atoms with van der Waals surface area (Å²) in [4.78, 5) is 10.8. The van der Waals surface area contributed by atoms with Gasteiger partial charge in [-0.1, -0.05) is 15.9 Å². The Labute approximate surface area is 63.1 Å². The SMILES string of the molecule is O=C(CCBr)NC1CC1. The van der Waals surface area contributed by atoms with Crippen LogP contribution in [0.1, 0.15) is 19.3 Å². The quantitative estimate of drug-likeness (QED) is 0.665. The number of hydrogen-bond donors (Lipinski definition) is 1. The lowest BCUT2D eigenvalue weighted by Crippen LogP contribution is -2.25. The van der Waals surface area contributed by atoms with Gasteiger partial charge in [0.2, 0.25) is 5.91 Å². The fraction of sp³-hybridized carbons (Fsp3) is 0.833. The predicted molar refractivity (Wildman–Crippen MR) is 39.6 cm³/mol. The van der Waals surface area contributed by atoms with E-state index in [0.717, 1.165) is 5.33 Å². The van der Waals surface area contributed by atoms with Crippen LogP contribution in [0.3, 0.4) is 0 Å². The molecule has 1 aliphatic carbocycles. The van der Waals surface area contributed by atoms with Crippen molar-refractivity contribution in [1.29, 1.82) is 0 Å². The second kappa shape index (κ2) is 3.20. The van der Waals surface area contributed by atoms with Crippen LogP contribution in [0.4, 0.5) is 0 Å². The van der Waals surface area contributed by atoms with Crippen molar-refractivity contribution in [3.63, 3.8) is 0 Å². The first-order valence-corrected chi connectivity index (χ1v) is 4.30. The Morgan fingerprint density at radius 1 is 1.67 bits per heavy atom. The number of rotatable bonds is 3. The fourth-order valence-corrected chi connectivity index (χ4v) is 0.973. The number of alkyl halides is 1. The molecule has 0 radical (unpaired) electrons. The lowest BCUT2D eigenvalue weighted by molar-refractivity contribution is -0.120. The smallest absolute Gasteiger partial charge is 0.221 e. The molecule has 0 saturated heterocycles. The monoisotopic (exact) mass is 191 g/mol. The summed E-state index contributed by atoms with van der Waals surface area (Å²) in [5.41, 5.74) is 0. The third-order valence-electron chi connectivity index (χ3n) is 1.26. The molecule has 2 nitrogen and oxygen atoms in total. The highest BCUT2D eigenvalue weighted by Gasteiger charge is 2.22. The molecule has 0 bridgehead atoms. The van der Waals surface area contributed by atoms with Gasteiger partial charge in [-0.25, -0.2) is 0 Å². The molecule has 9 heavy (non-hydrogen) atoms. The van der Waals surface area contributed by atoms with Crippen LogP contribution in [-0.4, -0.2) is 17.3 Å². The maximum atomic E-state index is 10.8. The summed E-state index contributed by atoms with van der Waals surface area (Å²) >= 11 is 3.20. The molecule has 1 saturated carbocycles. The van der Waals surface area contributed by atoms with E-state index in [-0.39, 0.29) is 5.91 Å². The van der Waals surface area contributed by atoms with Crippen molar-refractivity contribution in [2.24, 2.45) is 0 Å². The Balaban J connectivity index is 2.02. The molecule has 3 heteroatoms. The molecule has 0 aliphatic heterocycles. The molecule has 0 atom stereocenters. The standard InChI is InChI=1S/C6H10BrNO/c7-4-3-6(9)8-5-1-2-5/h5H,1-4H2,(H,8,9). The van der Waals surface area contributed by atoms with E-state index in [0.29, 0.717) is 12.5 Å². The predicted octanol–water partition coefficient (Wildman–Crippen LogP) is 1.05. The number of carbonyl (C=O) groups is 1. The van der Waals surface area contributed by atoms with Crippen molar-refractivity contribution in [3.05, 3.63) is 0 Å². The summed E-state index contributed by atoms with van der Waals surface area (Å²) in [7, 11) is 0. The molecule has 1 amide bonds. The zero-order valence-electron chi connectivity index (χ0n) is 5.19. The zero-order valence-corrected chi connectivity index (χ0v) is 6.78. The number of amides is 1. The summed E-state index contributed by atoms with van der Waals surface area (Å²) in [6.45, 7) is 0. The molecular weight excluding hydrogens is 182 g/mol. The number of hydrogen-bond acceptors (Lipinski definition) is 1. The second-order valence-electron chi connectivity index (χ2n) is 2.28. The Hall–Kier alpha value is -0.0500. The van der Waals surface area contributed by atoms with Gasteiger partial charge >= 0.3 is 0 Å². The highest BCUT2D eigenvalue weighted by molar-refractivity contribution is 9.09. The van der Waals surface area contributed by atoms with Crippen LogP contribution in [0.25, 0.3) is 0 Å². The largest absolute Gasteiger partial charge is 0.353 e. The minimum atomic E-state index is 0.175. The fourth-order valence-electron chi connectivity index (χ4n) is 0.613. The van der Waals surface area contributed by atoms with E-state index in [2.05, 4.69) is 21.2 Å². The topological polar surface area (TPSA) is 29.1 Å². The molecule has 0 aromatic carbocycles. The molecule has 1 N–H and O–H groups in total. The van der Waals surface area contributed by atoms with Crippen molar-refractivity contribution in [1.82, 2.24) is 5.32 Å². The van der Waals surface area contributed by atoms with E-state index in [4.69, 9.17) is 0 Å². The van der Waals surface area contributed by atoms with Gasteiger partial charge in [0.25, 0.3) is 0 Å². The van der Waals surface area contributed by atoms with Crippen molar-refractivity contribution < 1.29 is 4.79 Å². The maximum absolute atomic E-state index is 10.8. The molecular formula is C6H10BrNO. The molecule has 1 rings (SSSR count). The van der Waals surface area contributed by atoms with E-state index in [1.807, 2.05) is 0 Å². The average molecular weight is 192 g/mol. The highest BCUT2D eigenvalue weighted by Crippen LogP contribution is 2.18. The molecule has 0 aromatic rings. The van der Waals surface area contributed by atoms with E-state index in [1.54, 1.807) is 0 Å². The third-order valence-corrected chi connectivity index (χ3v) is 1.66. The average Bonchev–Trinajstić information content (AvgIpc) is 2.50. The van der Waals surface area contributed by atoms with Gasteiger partial charge in [-0.15, -0.1) is 0 Å². The maximum Gasteiger partial charge on any atom is 0.221 e. The van der Waals surface area contributed by atoms with Crippen molar-refractivity contribution >= 4 is 21.8 Å². The Morgan fingerprint density at radius 3 is 2.78 bits per heavy atom. The first-order valence-electron chi connectivity index (χ1n) is 3.18. The van der Waals surface area contributed by atoms with Crippen molar-refractivity contribution in [2.75, 3.05) is 5.33 Å². The van der Waals surface area contributed by atoms with Gasteiger partial charge in [0.1, 0.15) is 0 Å². The van der Waals surface area contributed by atoms with Gasteiger partial charge < -0.3 is 5.32 Å². The minimum absolute atomic E-state index is 0.175. The van der Waals surface area contributed by atoms with E-state index in [9.17, 15) is 4.79 Å². The van der Waals surface area contributed by atoms with Crippen LogP contribution < -0.4 is 5.32 Å². The van der Waals surface area contributed by atoms with Gasteiger partial charge in [-0.2, -0.15) is 0 Å². The van der Waals surface area contributed by atoms with Gasteiger partial charge in [0.15, 0.2) is 0 Å². The number of carbonyl (C=O) groups excluding carboxylic acids is 1. The highest BCUT2D eigenvalue weighted by atomic mass is 79.9. The van der Waals surface area contributed by atoms with Crippen LogP contribution in [0.2, 0.25) is 0 Å². The molecule has 1 aliphatic rings. The van der Waals surface area contributed by atoms with E-state index < -0.39 is 0 Å². The summed E-state index contributed by atoms with van der Waals surface area (Å²) in [5, 5.41) is 3.66. The van der Waals surface area contributed by atoms with Crippen LogP contribution in [0.15, 0.2) is 0 Å². The summed E-state index contributed by atoms with van der Waals surface area (Å²) in [6.07, 6.45) is 2.96. The van der Waals surface area contributed by atoms with Crippen LogP contribution >= 0.6 is 15.9 Å². The van der Waals surface area contributed by atoms with Crippen LogP contribution in [-0.2, 0) is 4.79 Å². The molecule has 0 unspecified atom stereocenters. The van der Waals surface area contributed by atoms with Gasteiger partial charge in [0, 0.05) is 17.8 Å². The van der Waals surface area contributed by atoms with Crippen LogP contribution in [0, 0.1) is 0 Å². The van der Waals surface area contributed by atoms with Crippen LogP contribution in [0.5, 0.6) is 0 Å². The normalized spacial score (nSPS) is 17.4. The lowest BCUT2D eigenvalue weighted by atomic mass is 10.4. The minimum Gasteiger partial charge on any atom is -0.353 e. The summed E-state index contributed by atoms with van der Waals surface area (Å²) in [6, 6.07) is 0.511. The summed E-state index contributed by atoms with van der Waals surface area (Å²) < 4.78 is 0. The molecule has 52 valence electrons. The molecule has 0 aromatic heterocycles. The Morgan fingerprint density at radius 2 is 2.33 bits per heavy atom. The first kappa shape index (κ1) is 7.06. The van der Waals surface area contributed by atoms with E-state index >= 15 is 0 Å². The summed E-state index contributed by atoms with van der Waals surface area (Å²) in [5.74, 6) is 0.175. The lowest BCUT2D eigenvalue weighted by Gasteiger charge is -1.98. The van der Waals surface area contributed by atoms with Gasteiger partial charge in [-0.3, -0.25) is 4.79 Å². The first-order chi connectivity index (χ1) is 4.33. The van der Waals surface area contributed by atoms with Crippen molar-refractivity contribution in [2.45, 2.75) is 25.3 Å². The van der Waals surface area contributed by atoms with Gasteiger partial charge in [0.05, 0.1) is 0 Å². The Kier molecular flexibility index (Phi) is 2.51. The second-order valence-corrected chi connectivity index (χ2v) is 3.07. The molecule has 0 heterocycles. The molecule has 1 fully saturated rings. The molecule has 0 spiro atoms. The number of nitrogens with one attached hydrogen (secondary N) is 1. The van der Waals surface area contributed by atoms with Gasteiger partial charge in [-0.05, 0) is 12.8 Å². The zero-order chi connectivity index (χ0) is 6.69. The Bertz CT molecular complexity index is 112. The van der Waals surface area contributed by atoms with Crippen molar-refractivity contribution in [3.8, 4) is 0 Å². The number of halogens is 1. The third kappa shape index (κ3) is 2.84.